The third kappa shape index (κ3) is 6.49. The summed E-state index contributed by atoms with van der Waals surface area (Å²) >= 11 is 0. The molecular formula is C14H29NO. The Labute approximate surface area is 101 Å². The van der Waals surface area contributed by atoms with Gasteiger partial charge in [0.15, 0.2) is 0 Å². The van der Waals surface area contributed by atoms with Gasteiger partial charge in [-0.15, -0.1) is 0 Å². The summed E-state index contributed by atoms with van der Waals surface area (Å²) in [4.78, 5) is 0. The third-order valence-corrected chi connectivity index (χ3v) is 3.66. The Morgan fingerprint density at radius 3 is 2.50 bits per heavy atom. The maximum absolute atomic E-state index is 6.18. The zero-order chi connectivity index (χ0) is 11.6. The van der Waals surface area contributed by atoms with Crippen LogP contribution in [0, 0.1) is 5.92 Å². The van der Waals surface area contributed by atoms with Crippen molar-refractivity contribution in [2.75, 3.05) is 13.2 Å². The lowest BCUT2D eigenvalue weighted by Gasteiger charge is -2.24. The fraction of sp³-hybridized carbons (Fsp3) is 1.00. The summed E-state index contributed by atoms with van der Waals surface area (Å²) < 4.78 is 5.37. The lowest BCUT2D eigenvalue weighted by molar-refractivity contribution is 0.0615. The standard InChI is InChI=1S/C14H29NO/c1-2-3-4-5-6-7-14(15)12-13-8-10-16-11-9-13/h13-14H,2-12,15H2,1H3. The van der Waals surface area contributed by atoms with Crippen molar-refractivity contribution in [2.24, 2.45) is 11.7 Å². The minimum atomic E-state index is 0.435. The van der Waals surface area contributed by atoms with Crippen LogP contribution in [-0.4, -0.2) is 19.3 Å². The van der Waals surface area contributed by atoms with Crippen molar-refractivity contribution in [3.05, 3.63) is 0 Å². The molecule has 1 aliphatic heterocycles. The zero-order valence-corrected chi connectivity index (χ0v) is 10.9. The van der Waals surface area contributed by atoms with Crippen LogP contribution in [-0.2, 0) is 4.74 Å². The molecule has 1 fully saturated rings. The van der Waals surface area contributed by atoms with Gasteiger partial charge in [0.2, 0.25) is 0 Å². The second kappa shape index (κ2) is 9.00. The molecule has 1 rings (SSSR count). The van der Waals surface area contributed by atoms with Crippen molar-refractivity contribution in [1.29, 1.82) is 0 Å². The van der Waals surface area contributed by atoms with Gasteiger partial charge in [-0.3, -0.25) is 0 Å². The van der Waals surface area contributed by atoms with Gasteiger partial charge in [-0.25, -0.2) is 0 Å². The average Bonchev–Trinajstić information content (AvgIpc) is 2.30. The molecule has 96 valence electrons. The van der Waals surface area contributed by atoms with Crippen LogP contribution in [0.15, 0.2) is 0 Å². The van der Waals surface area contributed by atoms with E-state index in [9.17, 15) is 0 Å². The molecule has 0 aliphatic carbocycles. The summed E-state index contributed by atoms with van der Waals surface area (Å²) in [6.45, 7) is 4.17. The van der Waals surface area contributed by atoms with E-state index in [4.69, 9.17) is 10.5 Å². The van der Waals surface area contributed by atoms with Crippen LogP contribution in [0.3, 0.4) is 0 Å². The van der Waals surface area contributed by atoms with Crippen LogP contribution in [0.1, 0.15) is 64.7 Å². The molecule has 1 saturated heterocycles. The molecular weight excluding hydrogens is 198 g/mol. The van der Waals surface area contributed by atoms with E-state index in [0.29, 0.717) is 6.04 Å². The first-order valence-corrected chi connectivity index (χ1v) is 7.16. The average molecular weight is 227 g/mol. The highest BCUT2D eigenvalue weighted by Gasteiger charge is 2.16. The van der Waals surface area contributed by atoms with E-state index in [1.807, 2.05) is 0 Å². The van der Waals surface area contributed by atoms with Gasteiger partial charge in [0.1, 0.15) is 0 Å². The maximum atomic E-state index is 6.18. The molecule has 16 heavy (non-hydrogen) atoms. The van der Waals surface area contributed by atoms with Gasteiger partial charge in [-0.1, -0.05) is 39.0 Å². The van der Waals surface area contributed by atoms with Gasteiger partial charge >= 0.3 is 0 Å². The van der Waals surface area contributed by atoms with Crippen molar-refractivity contribution in [3.63, 3.8) is 0 Å². The smallest absolute Gasteiger partial charge is 0.0468 e. The molecule has 2 heteroatoms. The number of rotatable bonds is 8. The fourth-order valence-corrected chi connectivity index (χ4v) is 2.54. The molecule has 0 radical (unpaired) electrons. The zero-order valence-electron chi connectivity index (χ0n) is 10.9. The number of ether oxygens (including phenoxy) is 1. The molecule has 1 unspecified atom stereocenters. The summed E-state index contributed by atoms with van der Waals surface area (Å²) in [5.74, 6) is 0.833. The number of nitrogens with two attached hydrogens (primary N) is 1. The normalized spacial score (nSPS) is 19.9. The van der Waals surface area contributed by atoms with Gasteiger partial charge < -0.3 is 10.5 Å². The number of hydrogen-bond donors (Lipinski definition) is 1. The first-order valence-electron chi connectivity index (χ1n) is 7.16. The second-order valence-corrected chi connectivity index (χ2v) is 5.25. The predicted molar refractivity (Wildman–Crippen MR) is 69.5 cm³/mol. The number of hydrogen-bond acceptors (Lipinski definition) is 2. The second-order valence-electron chi connectivity index (χ2n) is 5.25. The molecule has 0 aromatic carbocycles. The summed E-state index contributed by atoms with van der Waals surface area (Å²) in [5, 5.41) is 0. The van der Waals surface area contributed by atoms with Crippen LogP contribution in [0.25, 0.3) is 0 Å². The number of unbranched alkanes of at least 4 members (excludes halogenated alkanes) is 4. The van der Waals surface area contributed by atoms with Gasteiger partial charge in [-0.05, 0) is 31.6 Å². The predicted octanol–water partition coefficient (Wildman–Crippen LogP) is 3.49. The molecule has 0 amide bonds. The molecule has 2 N–H and O–H groups in total. The molecule has 2 nitrogen and oxygen atoms in total. The van der Waals surface area contributed by atoms with Crippen molar-refractivity contribution in [3.8, 4) is 0 Å². The minimum absolute atomic E-state index is 0.435. The molecule has 0 aromatic rings. The molecule has 0 bridgehead atoms. The lowest BCUT2D eigenvalue weighted by Crippen LogP contribution is -2.26. The van der Waals surface area contributed by atoms with Gasteiger partial charge in [0.05, 0.1) is 0 Å². The van der Waals surface area contributed by atoms with E-state index in [-0.39, 0.29) is 0 Å². The highest BCUT2D eigenvalue weighted by molar-refractivity contribution is 4.71. The Kier molecular flexibility index (Phi) is 7.87. The molecule has 0 saturated carbocycles. The highest BCUT2D eigenvalue weighted by Crippen LogP contribution is 2.21. The Balaban J connectivity index is 1.95. The van der Waals surface area contributed by atoms with E-state index in [0.717, 1.165) is 19.1 Å². The van der Waals surface area contributed by atoms with Crippen LogP contribution in [0.5, 0.6) is 0 Å². The van der Waals surface area contributed by atoms with Crippen LogP contribution >= 0.6 is 0 Å². The van der Waals surface area contributed by atoms with Gasteiger partial charge in [-0.2, -0.15) is 0 Å². The molecule has 1 heterocycles. The Hall–Kier alpha value is -0.0800. The first-order chi connectivity index (χ1) is 7.83. The van der Waals surface area contributed by atoms with Crippen molar-refractivity contribution in [2.45, 2.75) is 70.8 Å². The van der Waals surface area contributed by atoms with Crippen LogP contribution in [0.2, 0.25) is 0 Å². The summed E-state index contributed by atoms with van der Waals surface area (Å²) in [6, 6.07) is 0.435. The van der Waals surface area contributed by atoms with E-state index >= 15 is 0 Å². The van der Waals surface area contributed by atoms with Crippen LogP contribution in [0.4, 0.5) is 0 Å². The third-order valence-electron chi connectivity index (χ3n) is 3.66. The Morgan fingerprint density at radius 1 is 1.12 bits per heavy atom. The molecule has 1 atom stereocenters. The van der Waals surface area contributed by atoms with Gasteiger partial charge in [0, 0.05) is 19.3 Å². The van der Waals surface area contributed by atoms with Gasteiger partial charge in [0.25, 0.3) is 0 Å². The van der Waals surface area contributed by atoms with E-state index in [2.05, 4.69) is 6.92 Å². The van der Waals surface area contributed by atoms with E-state index in [1.165, 1.54) is 57.8 Å². The quantitative estimate of drug-likeness (QED) is 0.644. The topological polar surface area (TPSA) is 35.2 Å². The maximum Gasteiger partial charge on any atom is 0.0468 e. The summed E-state index contributed by atoms with van der Waals surface area (Å²) in [5.41, 5.74) is 6.18. The van der Waals surface area contributed by atoms with Crippen molar-refractivity contribution < 1.29 is 4.74 Å². The first kappa shape index (κ1) is 14.0. The fourth-order valence-electron chi connectivity index (χ4n) is 2.54. The Morgan fingerprint density at radius 2 is 1.81 bits per heavy atom. The minimum Gasteiger partial charge on any atom is -0.381 e. The largest absolute Gasteiger partial charge is 0.381 e. The SMILES string of the molecule is CCCCCCCC(N)CC1CCOCC1. The highest BCUT2D eigenvalue weighted by atomic mass is 16.5. The van der Waals surface area contributed by atoms with Crippen LogP contribution < -0.4 is 5.73 Å². The molecule has 1 aliphatic rings. The van der Waals surface area contributed by atoms with E-state index in [1.54, 1.807) is 0 Å². The summed E-state index contributed by atoms with van der Waals surface area (Å²) in [7, 11) is 0. The molecule has 0 aromatic heterocycles. The van der Waals surface area contributed by atoms with Crippen molar-refractivity contribution in [1.82, 2.24) is 0 Å². The Bertz CT molecular complexity index is 155. The molecule has 0 spiro atoms. The summed E-state index contributed by atoms with van der Waals surface area (Å²) in [6.07, 6.45) is 11.7. The van der Waals surface area contributed by atoms with Crippen molar-refractivity contribution >= 4 is 0 Å². The van der Waals surface area contributed by atoms with E-state index < -0.39 is 0 Å². The monoisotopic (exact) mass is 227 g/mol. The lowest BCUT2D eigenvalue weighted by atomic mass is 9.91.